The molecule has 19 heavy (non-hydrogen) atoms. The van der Waals surface area contributed by atoms with Crippen LogP contribution in [-0.4, -0.2) is 18.9 Å². The summed E-state index contributed by atoms with van der Waals surface area (Å²) in [7, 11) is 0. The molecule has 5 heteroatoms. The van der Waals surface area contributed by atoms with E-state index in [1.807, 2.05) is 18.2 Å². The summed E-state index contributed by atoms with van der Waals surface area (Å²) in [6.07, 6.45) is 5.20. The molecule has 0 saturated heterocycles. The smallest absolute Gasteiger partial charge is 0.240 e. The average molecular weight is 262 g/mol. The van der Waals surface area contributed by atoms with Crippen LogP contribution in [0.15, 0.2) is 23.3 Å². The van der Waals surface area contributed by atoms with Gasteiger partial charge in [0.2, 0.25) is 12.7 Å². The van der Waals surface area contributed by atoms with Gasteiger partial charge in [0.1, 0.15) is 0 Å². The summed E-state index contributed by atoms with van der Waals surface area (Å²) >= 11 is 0. The molecule has 102 valence electrons. The molecule has 2 rings (SSSR count). The summed E-state index contributed by atoms with van der Waals surface area (Å²) in [5.41, 5.74) is 3.38. The lowest BCUT2D eigenvalue weighted by molar-refractivity contribution is -0.121. The normalized spacial score (nSPS) is 12.9. The Morgan fingerprint density at radius 2 is 2.21 bits per heavy atom. The SMILES string of the molecule is CCCCCC(=O)NN=Cc1ccc2c(c1)OCO2. The number of rotatable bonds is 6. The monoisotopic (exact) mass is 262 g/mol. The second kappa shape index (κ2) is 6.78. The largest absolute Gasteiger partial charge is 0.454 e. The number of hydrogen-bond acceptors (Lipinski definition) is 4. The van der Waals surface area contributed by atoms with Gasteiger partial charge in [0, 0.05) is 6.42 Å². The van der Waals surface area contributed by atoms with Crippen molar-refractivity contribution < 1.29 is 14.3 Å². The van der Waals surface area contributed by atoms with Crippen molar-refractivity contribution in [3.8, 4) is 11.5 Å². The predicted molar refractivity (Wildman–Crippen MR) is 72.4 cm³/mol. The minimum absolute atomic E-state index is 0.0505. The topological polar surface area (TPSA) is 59.9 Å². The Morgan fingerprint density at radius 1 is 1.37 bits per heavy atom. The summed E-state index contributed by atoms with van der Waals surface area (Å²) in [5.74, 6) is 1.39. The van der Waals surface area contributed by atoms with Gasteiger partial charge in [-0.05, 0) is 30.2 Å². The van der Waals surface area contributed by atoms with Crippen molar-refractivity contribution in [1.82, 2.24) is 5.43 Å². The van der Waals surface area contributed by atoms with Crippen LogP contribution in [-0.2, 0) is 4.79 Å². The van der Waals surface area contributed by atoms with Crippen LogP contribution < -0.4 is 14.9 Å². The molecule has 0 fully saturated rings. The molecule has 5 nitrogen and oxygen atoms in total. The van der Waals surface area contributed by atoms with Gasteiger partial charge in [-0.15, -0.1) is 0 Å². The van der Waals surface area contributed by atoms with Crippen molar-refractivity contribution in [2.75, 3.05) is 6.79 Å². The van der Waals surface area contributed by atoms with Crippen LogP contribution in [0.25, 0.3) is 0 Å². The van der Waals surface area contributed by atoms with E-state index in [0.29, 0.717) is 12.2 Å². The third-order valence-corrected chi connectivity index (χ3v) is 2.81. The van der Waals surface area contributed by atoms with Crippen LogP contribution in [0.2, 0.25) is 0 Å². The molecule has 0 bridgehead atoms. The molecular formula is C14H18N2O3. The number of fused-ring (bicyclic) bond motifs is 1. The highest BCUT2D eigenvalue weighted by atomic mass is 16.7. The van der Waals surface area contributed by atoms with Gasteiger partial charge in [0.05, 0.1) is 6.21 Å². The fourth-order valence-electron chi connectivity index (χ4n) is 1.76. The van der Waals surface area contributed by atoms with E-state index in [1.54, 1.807) is 6.21 Å². The first-order chi connectivity index (χ1) is 9.29. The van der Waals surface area contributed by atoms with Crippen LogP contribution >= 0.6 is 0 Å². The van der Waals surface area contributed by atoms with Crippen molar-refractivity contribution in [3.63, 3.8) is 0 Å². The number of carbonyl (C=O) groups excluding carboxylic acids is 1. The molecule has 0 atom stereocenters. The molecule has 0 aromatic heterocycles. The van der Waals surface area contributed by atoms with Crippen molar-refractivity contribution in [3.05, 3.63) is 23.8 Å². The number of benzene rings is 1. The second-order valence-electron chi connectivity index (χ2n) is 4.36. The highest BCUT2D eigenvalue weighted by Crippen LogP contribution is 2.31. The number of ether oxygens (including phenoxy) is 2. The number of nitrogens with one attached hydrogen (secondary N) is 1. The van der Waals surface area contributed by atoms with Gasteiger partial charge in [-0.1, -0.05) is 19.8 Å². The van der Waals surface area contributed by atoms with E-state index < -0.39 is 0 Å². The average Bonchev–Trinajstić information content (AvgIpc) is 2.86. The zero-order chi connectivity index (χ0) is 13.5. The first kappa shape index (κ1) is 13.4. The molecule has 0 aliphatic carbocycles. The van der Waals surface area contributed by atoms with E-state index in [9.17, 15) is 4.79 Å². The standard InChI is InChI=1S/C14H18N2O3/c1-2-3-4-5-14(17)16-15-9-11-6-7-12-13(8-11)19-10-18-12/h6-9H,2-5,10H2,1H3,(H,16,17). The zero-order valence-corrected chi connectivity index (χ0v) is 11.0. The Hall–Kier alpha value is -2.04. The summed E-state index contributed by atoms with van der Waals surface area (Å²) in [6.45, 7) is 2.36. The predicted octanol–water partition coefficient (Wildman–Crippen LogP) is 2.45. The van der Waals surface area contributed by atoms with Crippen molar-refractivity contribution >= 4 is 12.1 Å². The number of carbonyl (C=O) groups is 1. The molecule has 0 spiro atoms. The van der Waals surface area contributed by atoms with E-state index >= 15 is 0 Å². The van der Waals surface area contributed by atoms with Crippen molar-refractivity contribution in [1.29, 1.82) is 0 Å². The van der Waals surface area contributed by atoms with Gasteiger partial charge in [-0.25, -0.2) is 5.43 Å². The molecule has 1 heterocycles. The Labute approximate surface area is 112 Å². The van der Waals surface area contributed by atoms with Crippen LogP contribution in [0.5, 0.6) is 11.5 Å². The Kier molecular flexibility index (Phi) is 4.78. The fraction of sp³-hybridized carbons (Fsp3) is 0.429. The van der Waals surface area contributed by atoms with Gasteiger partial charge >= 0.3 is 0 Å². The van der Waals surface area contributed by atoms with Crippen molar-refractivity contribution in [2.45, 2.75) is 32.6 Å². The third kappa shape index (κ3) is 3.98. The summed E-state index contributed by atoms with van der Waals surface area (Å²) in [4.78, 5) is 11.4. The lowest BCUT2D eigenvalue weighted by Crippen LogP contribution is -2.16. The van der Waals surface area contributed by atoms with Gasteiger partial charge < -0.3 is 9.47 Å². The molecule has 1 aromatic rings. The molecule has 1 N–H and O–H groups in total. The van der Waals surface area contributed by atoms with Crippen LogP contribution in [0.1, 0.15) is 38.2 Å². The molecule has 1 aliphatic rings. The van der Waals surface area contributed by atoms with Gasteiger partial charge in [0.25, 0.3) is 0 Å². The van der Waals surface area contributed by atoms with E-state index in [1.165, 1.54) is 0 Å². The second-order valence-corrected chi connectivity index (χ2v) is 4.36. The number of hydrogen-bond donors (Lipinski definition) is 1. The first-order valence-electron chi connectivity index (χ1n) is 6.51. The highest BCUT2D eigenvalue weighted by Gasteiger charge is 2.12. The van der Waals surface area contributed by atoms with Crippen molar-refractivity contribution in [2.24, 2.45) is 5.10 Å². The molecule has 0 saturated carbocycles. The Bertz CT molecular complexity index is 472. The maximum Gasteiger partial charge on any atom is 0.240 e. The van der Waals surface area contributed by atoms with Gasteiger partial charge in [0.15, 0.2) is 11.5 Å². The number of hydrazone groups is 1. The quantitative estimate of drug-likeness (QED) is 0.486. The Balaban J connectivity index is 1.80. The summed E-state index contributed by atoms with van der Waals surface area (Å²) < 4.78 is 10.5. The summed E-state index contributed by atoms with van der Waals surface area (Å²) in [6, 6.07) is 5.52. The minimum atomic E-state index is -0.0505. The minimum Gasteiger partial charge on any atom is -0.454 e. The van der Waals surface area contributed by atoms with Gasteiger partial charge in [-0.3, -0.25) is 4.79 Å². The molecule has 1 amide bonds. The van der Waals surface area contributed by atoms with E-state index in [4.69, 9.17) is 9.47 Å². The maximum absolute atomic E-state index is 11.4. The van der Waals surface area contributed by atoms with Crippen LogP contribution in [0, 0.1) is 0 Å². The highest BCUT2D eigenvalue weighted by molar-refractivity contribution is 5.83. The molecule has 0 unspecified atom stereocenters. The molecule has 1 aliphatic heterocycles. The van der Waals surface area contributed by atoms with Crippen LogP contribution in [0.3, 0.4) is 0 Å². The van der Waals surface area contributed by atoms with E-state index in [0.717, 1.165) is 30.6 Å². The van der Waals surface area contributed by atoms with Gasteiger partial charge in [-0.2, -0.15) is 5.10 Å². The molecular weight excluding hydrogens is 244 g/mol. The maximum atomic E-state index is 11.4. The van der Waals surface area contributed by atoms with E-state index in [2.05, 4.69) is 17.5 Å². The number of nitrogens with zero attached hydrogens (tertiary/aromatic N) is 1. The first-order valence-corrected chi connectivity index (χ1v) is 6.51. The zero-order valence-electron chi connectivity index (χ0n) is 11.0. The fourth-order valence-corrected chi connectivity index (χ4v) is 1.76. The number of unbranched alkanes of at least 4 members (excludes halogenated alkanes) is 2. The van der Waals surface area contributed by atoms with Crippen LogP contribution in [0.4, 0.5) is 0 Å². The van der Waals surface area contributed by atoms with E-state index in [-0.39, 0.29) is 12.7 Å². The lowest BCUT2D eigenvalue weighted by atomic mass is 10.2. The number of amides is 1. The lowest BCUT2D eigenvalue weighted by Gasteiger charge is -1.99. The third-order valence-electron chi connectivity index (χ3n) is 2.81. The molecule has 0 radical (unpaired) electrons. The molecule has 1 aromatic carbocycles. The Morgan fingerprint density at radius 3 is 3.05 bits per heavy atom. The summed E-state index contributed by atoms with van der Waals surface area (Å²) in [5, 5.41) is 3.92.